The van der Waals surface area contributed by atoms with E-state index < -0.39 is 0 Å². The van der Waals surface area contributed by atoms with Crippen molar-refractivity contribution in [1.82, 2.24) is 0 Å². The van der Waals surface area contributed by atoms with Crippen LogP contribution in [0.5, 0.6) is 0 Å². The molecule has 0 unspecified atom stereocenters. The molecule has 3 heteroatoms. The van der Waals surface area contributed by atoms with Crippen LogP contribution in [0.15, 0.2) is 209 Å². The summed E-state index contributed by atoms with van der Waals surface area (Å²) in [5.74, 6) is 0. The lowest BCUT2D eigenvalue weighted by Gasteiger charge is -2.26. The van der Waals surface area contributed by atoms with Gasteiger partial charge in [0.05, 0.1) is 5.69 Å². The first-order valence-corrected chi connectivity index (χ1v) is 18.7. The molecule has 0 aliphatic heterocycles. The molecule has 9 aromatic carbocycles. The zero-order valence-electron chi connectivity index (χ0n) is 29.8. The Balaban J connectivity index is 1.07. The highest BCUT2D eigenvalue weighted by Crippen LogP contribution is 2.45. The van der Waals surface area contributed by atoms with Gasteiger partial charge in [0.1, 0.15) is 16.7 Å². The second-order valence-electron chi connectivity index (χ2n) is 14.1. The van der Waals surface area contributed by atoms with Gasteiger partial charge in [-0.1, -0.05) is 146 Å². The summed E-state index contributed by atoms with van der Waals surface area (Å²) in [6, 6.07) is 70.9. The van der Waals surface area contributed by atoms with Crippen LogP contribution in [0.2, 0.25) is 0 Å². The zero-order chi connectivity index (χ0) is 36.3. The van der Waals surface area contributed by atoms with Crippen LogP contribution in [0.3, 0.4) is 0 Å². The van der Waals surface area contributed by atoms with Gasteiger partial charge in [0.25, 0.3) is 0 Å². The van der Waals surface area contributed by atoms with Crippen LogP contribution < -0.4 is 4.90 Å². The van der Waals surface area contributed by atoms with E-state index in [9.17, 15) is 0 Å². The first-order valence-electron chi connectivity index (χ1n) is 18.7. The van der Waals surface area contributed by atoms with Crippen LogP contribution in [0.25, 0.3) is 88.0 Å². The molecular formula is C52H33NO2. The van der Waals surface area contributed by atoms with Gasteiger partial charge >= 0.3 is 0 Å². The molecule has 0 saturated heterocycles. The average molecular weight is 704 g/mol. The topological polar surface area (TPSA) is 29.5 Å². The maximum Gasteiger partial charge on any atom is 0.159 e. The molecule has 0 aliphatic rings. The summed E-state index contributed by atoms with van der Waals surface area (Å²) in [5.41, 5.74) is 13.5. The van der Waals surface area contributed by atoms with E-state index in [4.69, 9.17) is 8.83 Å². The molecule has 2 heterocycles. The second-order valence-corrected chi connectivity index (χ2v) is 14.1. The molecule has 11 aromatic rings. The number of hydrogen-bond donors (Lipinski definition) is 0. The first kappa shape index (κ1) is 31.2. The highest BCUT2D eigenvalue weighted by atomic mass is 16.3. The van der Waals surface area contributed by atoms with E-state index in [2.05, 4.69) is 187 Å². The number of benzene rings is 9. The summed E-state index contributed by atoms with van der Waals surface area (Å²) < 4.78 is 13.1. The van der Waals surface area contributed by atoms with Gasteiger partial charge in [-0.25, -0.2) is 0 Å². The Hall–Kier alpha value is -7.36. The number of fused-ring (bicyclic) bond motifs is 7. The third-order valence-corrected chi connectivity index (χ3v) is 10.9. The van der Waals surface area contributed by atoms with Gasteiger partial charge in [-0.2, -0.15) is 0 Å². The van der Waals surface area contributed by atoms with Crippen molar-refractivity contribution < 1.29 is 8.83 Å². The Kier molecular flexibility index (Phi) is 7.17. The highest BCUT2D eigenvalue weighted by molar-refractivity contribution is 6.16. The summed E-state index contributed by atoms with van der Waals surface area (Å²) in [7, 11) is 0. The van der Waals surface area contributed by atoms with Crippen molar-refractivity contribution in [2.24, 2.45) is 0 Å². The molecule has 0 saturated carbocycles. The Morgan fingerprint density at radius 3 is 1.64 bits per heavy atom. The van der Waals surface area contributed by atoms with Crippen molar-refractivity contribution in [3.05, 3.63) is 200 Å². The van der Waals surface area contributed by atoms with E-state index >= 15 is 0 Å². The van der Waals surface area contributed by atoms with Crippen molar-refractivity contribution in [1.29, 1.82) is 0 Å². The van der Waals surface area contributed by atoms with Gasteiger partial charge in [-0.3, -0.25) is 0 Å². The Labute approximate surface area is 317 Å². The number of para-hydroxylation sites is 2. The highest BCUT2D eigenvalue weighted by Gasteiger charge is 2.21. The summed E-state index contributed by atoms with van der Waals surface area (Å²) in [5, 5.41) is 6.93. The molecule has 0 radical (unpaired) electrons. The molecule has 0 spiro atoms. The Morgan fingerprint density at radius 2 is 0.873 bits per heavy atom. The fraction of sp³-hybridized carbons (Fsp3) is 0. The maximum absolute atomic E-state index is 6.82. The van der Waals surface area contributed by atoms with Gasteiger partial charge < -0.3 is 13.7 Å². The summed E-state index contributed by atoms with van der Waals surface area (Å²) >= 11 is 0. The largest absolute Gasteiger partial charge is 0.456 e. The van der Waals surface area contributed by atoms with E-state index in [1.54, 1.807) is 0 Å². The van der Waals surface area contributed by atoms with E-state index in [0.717, 1.165) is 77.6 Å². The lowest BCUT2D eigenvalue weighted by molar-refractivity contribution is 0.668. The number of anilines is 3. The molecule has 3 nitrogen and oxygen atoms in total. The van der Waals surface area contributed by atoms with Gasteiger partial charge in [0.2, 0.25) is 0 Å². The third-order valence-electron chi connectivity index (χ3n) is 10.9. The van der Waals surface area contributed by atoms with Crippen LogP contribution in [-0.4, -0.2) is 0 Å². The minimum absolute atomic E-state index is 0.846. The molecule has 0 fully saturated rings. The van der Waals surface area contributed by atoms with Crippen molar-refractivity contribution in [3.8, 4) is 33.4 Å². The van der Waals surface area contributed by atoms with E-state index in [1.807, 2.05) is 18.2 Å². The normalized spacial score (nSPS) is 11.6. The standard InChI is InChI=1S/C52H33NO2/c1-2-12-36(13-3-1)42-16-10-22-49-51(42)45-18-8-19-46(52(45)55-49)53(40-29-25-35(26-30-40)39-24-23-34-11-4-5-14-38(34)33-39)41-31-27-37(28-32-41)43-17-9-21-48-50(43)44-15-6-7-20-47(44)54-48/h1-33H. The van der Waals surface area contributed by atoms with Gasteiger partial charge in [-0.15, -0.1) is 0 Å². The monoisotopic (exact) mass is 703 g/mol. The number of rotatable bonds is 6. The van der Waals surface area contributed by atoms with Gasteiger partial charge in [0.15, 0.2) is 5.58 Å². The summed E-state index contributed by atoms with van der Waals surface area (Å²) in [6.45, 7) is 0. The fourth-order valence-corrected chi connectivity index (χ4v) is 8.27. The first-order chi connectivity index (χ1) is 27.3. The van der Waals surface area contributed by atoms with Crippen molar-refractivity contribution in [2.75, 3.05) is 4.90 Å². The van der Waals surface area contributed by atoms with Crippen LogP contribution in [0.4, 0.5) is 17.1 Å². The molecule has 0 aliphatic carbocycles. The van der Waals surface area contributed by atoms with Gasteiger partial charge in [-0.05, 0) is 98.8 Å². The molecule has 258 valence electrons. The molecule has 0 N–H and O–H groups in total. The van der Waals surface area contributed by atoms with Crippen molar-refractivity contribution >= 4 is 71.7 Å². The minimum Gasteiger partial charge on any atom is -0.456 e. The Bertz CT molecular complexity index is 3190. The SMILES string of the molecule is c1ccc(-c2cccc3oc4c(N(c5ccc(-c6ccc7ccccc7c6)cc5)c5ccc(-c6cccc7oc8ccccc8c67)cc5)cccc4c23)cc1. The summed E-state index contributed by atoms with van der Waals surface area (Å²) in [6.07, 6.45) is 0. The lowest BCUT2D eigenvalue weighted by Crippen LogP contribution is -2.10. The quantitative estimate of drug-likeness (QED) is 0.173. The number of nitrogens with zero attached hydrogens (tertiary/aromatic N) is 1. The zero-order valence-corrected chi connectivity index (χ0v) is 29.8. The third kappa shape index (κ3) is 5.20. The van der Waals surface area contributed by atoms with Crippen molar-refractivity contribution in [3.63, 3.8) is 0 Å². The molecule has 11 rings (SSSR count). The van der Waals surface area contributed by atoms with Crippen LogP contribution in [0.1, 0.15) is 0 Å². The lowest BCUT2D eigenvalue weighted by atomic mass is 9.98. The second kappa shape index (κ2) is 12.6. The average Bonchev–Trinajstić information content (AvgIpc) is 3.84. The maximum atomic E-state index is 6.82. The van der Waals surface area contributed by atoms with Crippen molar-refractivity contribution in [2.45, 2.75) is 0 Å². The van der Waals surface area contributed by atoms with E-state index in [-0.39, 0.29) is 0 Å². The molecule has 0 amide bonds. The fourth-order valence-electron chi connectivity index (χ4n) is 8.27. The predicted octanol–water partition coefficient (Wildman–Crippen LogP) is 15.1. The number of furan rings is 2. The van der Waals surface area contributed by atoms with Gasteiger partial charge in [0, 0.05) is 32.9 Å². The molecule has 55 heavy (non-hydrogen) atoms. The molecular weight excluding hydrogens is 671 g/mol. The van der Waals surface area contributed by atoms with Crippen LogP contribution in [0, 0.1) is 0 Å². The molecule has 2 aromatic heterocycles. The predicted molar refractivity (Wildman–Crippen MR) is 229 cm³/mol. The smallest absolute Gasteiger partial charge is 0.159 e. The molecule has 0 bridgehead atoms. The minimum atomic E-state index is 0.846. The van der Waals surface area contributed by atoms with Crippen LogP contribution in [-0.2, 0) is 0 Å². The number of hydrogen-bond acceptors (Lipinski definition) is 3. The molecule has 0 atom stereocenters. The summed E-state index contributed by atoms with van der Waals surface area (Å²) in [4.78, 5) is 2.31. The van der Waals surface area contributed by atoms with E-state index in [0.29, 0.717) is 0 Å². The van der Waals surface area contributed by atoms with Crippen LogP contribution >= 0.6 is 0 Å². The Morgan fingerprint density at radius 1 is 0.327 bits per heavy atom. The van der Waals surface area contributed by atoms with E-state index in [1.165, 1.54) is 27.5 Å².